The lowest BCUT2D eigenvalue weighted by Crippen LogP contribution is -2.50. The molecule has 1 saturated carbocycles. The Kier molecular flexibility index (Phi) is 4.26. The van der Waals surface area contributed by atoms with Gasteiger partial charge in [-0.2, -0.15) is 0 Å². The van der Waals surface area contributed by atoms with E-state index in [0.29, 0.717) is 12.1 Å². The van der Waals surface area contributed by atoms with Crippen LogP contribution in [0.4, 0.5) is 0 Å². The molecular formula is C14H27NO. The third kappa shape index (κ3) is 2.78. The lowest BCUT2D eigenvalue weighted by atomic mass is 9.83. The number of likely N-dealkylation sites (tertiary alicyclic amines) is 1. The third-order valence-corrected chi connectivity index (χ3v) is 4.57. The summed E-state index contributed by atoms with van der Waals surface area (Å²) in [6.45, 7) is 5.88. The van der Waals surface area contributed by atoms with E-state index in [1.807, 2.05) is 0 Å². The summed E-state index contributed by atoms with van der Waals surface area (Å²) in [5.74, 6) is 0.795. The molecule has 0 aromatic carbocycles. The Morgan fingerprint density at radius 1 is 1.00 bits per heavy atom. The molecule has 0 bridgehead atoms. The van der Waals surface area contributed by atoms with Crippen LogP contribution in [0.3, 0.4) is 0 Å². The van der Waals surface area contributed by atoms with Crippen molar-refractivity contribution in [3.63, 3.8) is 0 Å². The summed E-state index contributed by atoms with van der Waals surface area (Å²) in [5, 5.41) is 10.2. The van der Waals surface area contributed by atoms with Crippen molar-refractivity contribution in [2.24, 2.45) is 5.92 Å². The zero-order chi connectivity index (χ0) is 11.5. The second-order valence-electron chi connectivity index (χ2n) is 5.99. The van der Waals surface area contributed by atoms with Crippen LogP contribution in [0.5, 0.6) is 0 Å². The molecule has 4 atom stereocenters. The van der Waals surface area contributed by atoms with Crippen molar-refractivity contribution >= 4 is 0 Å². The third-order valence-electron chi connectivity index (χ3n) is 4.57. The molecule has 0 amide bonds. The maximum absolute atomic E-state index is 10.2. The highest BCUT2D eigenvalue weighted by Crippen LogP contribution is 2.31. The van der Waals surface area contributed by atoms with Crippen molar-refractivity contribution in [3.8, 4) is 0 Å². The van der Waals surface area contributed by atoms with Crippen molar-refractivity contribution in [2.45, 2.75) is 77.0 Å². The van der Waals surface area contributed by atoms with Gasteiger partial charge in [-0.25, -0.2) is 0 Å². The predicted octanol–water partition coefficient (Wildman–Crippen LogP) is 2.80. The Hall–Kier alpha value is -0.0800. The molecule has 0 radical (unpaired) electrons. The molecule has 94 valence electrons. The monoisotopic (exact) mass is 225 g/mol. The highest BCUT2D eigenvalue weighted by atomic mass is 16.3. The minimum atomic E-state index is -0.0725. The first-order valence-corrected chi connectivity index (χ1v) is 7.12. The minimum absolute atomic E-state index is 0.0725. The second kappa shape index (κ2) is 5.50. The normalized spacial score (nSPS) is 42.9. The maximum atomic E-state index is 10.2. The predicted molar refractivity (Wildman–Crippen MR) is 67.4 cm³/mol. The molecule has 2 aliphatic rings. The fraction of sp³-hybridized carbons (Fsp3) is 1.00. The summed E-state index contributed by atoms with van der Waals surface area (Å²) >= 11 is 0. The van der Waals surface area contributed by atoms with Crippen LogP contribution in [-0.4, -0.2) is 34.7 Å². The van der Waals surface area contributed by atoms with Crippen LogP contribution < -0.4 is 0 Å². The Balaban J connectivity index is 2.02. The van der Waals surface area contributed by atoms with E-state index in [-0.39, 0.29) is 6.10 Å². The van der Waals surface area contributed by atoms with Gasteiger partial charge in [-0.05, 0) is 51.5 Å². The van der Waals surface area contributed by atoms with E-state index in [1.54, 1.807) is 0 Å². The number of rotatable bonds is 1. The van der Waals surface area contributed by atoms with Crippen LogP contribution in [0.15, 0.2) is 0 Å². The van der Waals surface area contributed by atoms with Crippen molar-refractivity contribution < 1.29 is 5.11 Å². The second-order valence-corrected chi connectivity index (χ2v) is 5.99. The van der Waals surface area contributed by atoms with Gasteiger partial charge in [-0.1, -0.05) is 19.8 Å². The Labute approximate surface area is 100 Å². The first-order valence-electron chi connectivity index (χ1n) is 7.12. The van der Waals surface area contributed by atoms with E-state index in [2.05, 4.69) is 18.7 Å². The quantitative estimate of drug-likeness (QED) is 0.742. The van der Waals surface area contributed by atoms with Gasteiger partial charge in [0, 0.05) is 12.1 Å². The van der Waals surface area contributed by atoms with Gasteiger partial charge < -0.3 is 5.11 Å². The summed E-state index contributed by atoms with van der Waals surface area (Å²) in [6.07, 6.45) is 8.73. The van der Waals surface area contributed by atoms with Gasteiger partial charge in [0.2, 0.25) is 0 Å². The van der Waals surface area contributed by atoms with Gasteiger partial charge >= 0.3 is 0 Å². The van der Waals surface area contributed by atoms with E-state index in [1.165, 1.54) is 45.1 Å². The summed E-state index contributed by atoms with van der Waals surface area (Å²) in [6, 6.07) is 1.12. The molecule has 16 heavy (non-hydrogen) atoms. The molecule has 2 heteroatoms. The molecule has 1 aliphatic heterocycles. The average Bonchev–Trinajstić information content (AvgIpc) is 2.47. The first kappa shape index (κ1) is 12.4. The van der Waals surface area contributed by atoms with E-state index in [9.17, 15) is 5.11 Å². The van der Waals surface area contributed by atoms with Crippen LogP contribution in [0.1, 0.15) is 58.8 Å². The first-order chi connectivity index (χ1) is 7.68. The van der Waals surface area contributed by atoms with Gasteiger partial charge in [-0.15, -0.1) is 0 Å². The van der Waals surface area contributed by atoms with Crippen molar-refractivity contribution in [1.82, 2.24) is 4.90 Å². The topological polar surface area (TPSA) is 23.5 Å². The average molecular weight is 225 g/mol. The van der Waals surface area contributed by atoms with Crippen molar-refractivity contribution in [2.75, 3.05) is 6.54 Å². The molecule has 4 unspecified atom stereocenters. The highest BCUT2D eigenvalue weighted by molar-refractivity contribution is 4.88. The molecule has 0 aromatic rings. The van der Waals surface area contributed by atoms with Gasteiger partial charge in [-0.3, -0.25) is 4.90 Å². The Bertz CT molecular complexity index is 219. The molecule has 0 aromatic heterocycles. The molecule has 0 spiro atoms. The SMILES string of the molecule is CC1CCC(O)C(N2CCCCCC2C)C1. The Morgan fingerprint density at radius 2 is 1.81 bits per heavy atom. The zero-order valence-electron chi connectivity index (χ0n) is 10.9. The standard InChI is InChI=1S/C14H27NO/c1-11-7-8-14(16)13(10-11)15-9-5-3-4-6-12(15)2/h11-14,16H,3-10H2,1-2H3. The molecule has 2 fully saturated rings. The number of aliphatic hydroxyl groups excluding tert-OH is 1. The molecular weight excluding hydrogens is 198 g/mol. The zero-order valence-corrected chi connectivity index (χ0v) is 10.9. The summed E-state index contributed by atoms with van der Waals surface area (Å²) in [4.78, 5) is 2.60. The van der Waals surface area contributed by atoms with Crippen LogP contribution >= 0.6 is 0 Å². The van der Waals surface area contributed by atoms with Gasteiger partial charge in [0.15, 0.2) is 0 Å². The van der Waals surface area contributed by atoms with Gasteiger partial charge in [0.05, 0.1) is 6.10 Å². The largest absolute Gasteiger partial charge is 0.391 e. The van der Waals surface area contributed by atoms with Gasteiger partial charge in [0.1, 0.15) is 0 Å². The molecule has 2 nitrogen and oxygen atoms in total. The fourth-order valence-corrected chi connectivity index (χ4v) is 3.48. The molecule has 1 saturated heterocycles. The van der Waals surface area contributed by atoms with Crippen molar-refractivity contribution in [1.29, 1.82) is 0 Å². The Morgan fingerprint density at radius 3 is 2.62 bits per heavy atom. The highest BCUT2D eigenvalue weighted by Gasteiger charge is 2.34. The van der Waals surface area contributed by atoms with E-state index in [0.717, 1.165) is 12.3 Å². The number of nitrogens with zero attached hydrogens (tertiary/aromatic N) is 1. The van der Waals surface area contributed by atoms with Crippen LogP contribution in [0.2, 0.25) is 0 Å². The van der Waals surface area contributed by atoms with Crippen molar-refractivity contribution in [3.05, 3.63) is 0 Å². The molecule has 1 N–H and O–H groups in total. The number of hydrogen-bond acceptors (Lipinski definition) is 2. The number of aliphatic hydroxyl groups is 1. The lowest BCUT2D eigenvalue weighted by molar-refractivity contribution is -0.00984. The smallest absolute Gasteiger partial charge is 0.0695 e. The van der Waals surface area contributed by atoms with Crippen LogP contribution in [0.25, 0.3) is 0 Å². The maximum Gasteiger partial charge on any atom is 0.0695 e. The van der Waals surface area contributed by atoms with E-state index < -0.39 is 0 Å². The van der Waals surface area contributed by atoms with Gasteiger partial charge in [0.25, 0.3) is 0 Å². The molecule has 2 rings (SSSR count). The fourth-order valence-electron chi connectivity index (χ4n) is 3.48. The summed E-state index contributed by atoms with van der Waals surface area (Å²) < 4.78 is 0. The molecule has 1 heterocycles. The summed E-state index contributed by atoms with van der Waals surface area (Å²) in [5.41, 5.74) is 0. The number of hydrogen-bond donors (Lipinski definition) is 1. The lowest BCUT2D eigenvalue weighted by Gasteiger charge is -2.42. The molecule has 1 aliphatic carbocycles. The van der Waals surface area contributed by atoms with E-state index in [4.69, 9.17) is 0 Å². The van der Waals surface area contributed by atoms with E-state index >= 15 is 0 Å². The van der Waals surface area contributed by atoms with Crippen LogP contribution in [-0.2, 0) is 0 Å². The summed E-state index contributed by atoms with van der Waals surface area (Å²) in [7, 11) is 0. The minimum Gasteiger partial charge on any atom is -0.391 e. The van der Waals surface area contributed by atoms with Crippen LogP contribution in [0, 0.1) is 5.92 Å².